The lowest BCUT2D eigenvalue weighted by molar-refractivity contribution is -0.121. The van der Waals surface area contributed by atoms with Gasteiger partial charge < -0.3 is 15.8 Å². The molecule has 0 saturated heterocycles. The molecule has 0 bridgehead atoms. The van der Waals surface area contributed by atoms with E-state index in [0.717, 1.165) is 5.56 Å². The molecule has 2 rings (SSSR count). The second-order valence-electron chi connectivity index (χ2n) is 5.38. The Morgan fingerprint density at radius 3 is 2.75 bits per heavy atom. The van der Waals surface area contributed by atoms with E-state index in [0.29, 0.717) is 30.0 Å². The summed E-state index contributed by atoms with van der Waals surface area (Å²) in [6.07, 6.45) is 0.617. The van der Waals surface area contributed by atoms with Crippen molar-refractivity contribution in [2.75, 3.05) is 12.8 Å². The van der Waals surface area contributed by atoms with E-state index in [4.69, 9.17) is 10.5 Å². The minimum absolute atomic E-state index is 0.0508. The van der Waals surface area contributed by atoms with Gasteiger partial charge in [0.25, 0.3) is 5.56 Å². The molecule has 0 unspecified atom stereocenters. The van der Waals surface area contributed by atoms with E-state index in [1.54, 1.807) is 14.0 Å². The van der Waals surface area contributed by atoms with Crippen LogP contribution in [-0.2, 0) is 24.3 Å². The summed E-state index contributed by atoms with van der Waals surface area (Å²) >= 11 is 0. The lowest BCUT2D eigenvalue weighted by atomic mass is 10.2. The van der Waals surface area contributed by atoms with Crippen molar-refractivity contribution >= 4 is 11.9 Å². The molecule has 0 aliphatic rings. The van der Waals surface area contributed by atoms with Crippen LogP contribution in [0.2, 0.25) is 0 Å². The Hall–Kier alpha value is -2.83. The van der Waals surface area contributed by atoms with Crippen LogP contribution in [0, 0.1) is 6.92 Å². The number of aryl methyl sites for hydroxylation is 1. The molecule has 0 fully saturated rings. The van der Waals surface area contributed by atoms with Gasteiger partial charge in [-0.05, 0) is 19.4 Å². The van der Waals surface area contributed by atoms with Crippen LogP contribution >= 0.6 is 0 Å². The van der Waals surface area contributed by atoms with Gasteiger partial charge in [-0.2, -0.15) is 0 Å². The van der Waals surface area contributed by atoms with Crippen molar-refractivity contribution in [2.45, 2.75) is 33.4 Å². The van der Waals surface area contributed by atoms with Crippen LogP contribution in [0.4, 0.5) is 5.95 Å². The number of carbonyl (C=O) groups is 1. The van der Waals surface area contributed by atoms with Crippen molar-refractivity contribution in [2.24, 2.45) is 0 Å². The van der Waals surface area contributed by atoms with Gasteiger partial charge in [-0.25, -0.2) is 4.98 Å². The topological polar surface area (TPSA) is 99.2 Å². The number of carbonyl (C=O) groups excluding carboxylic acids is 1. The molecule has 0 spiro atoms. The van der Waals surface area contributed by atoms with Crippen LogP contribution in [-0.4, -0.2) is 22.6 Å². The van der Waals surface area contributed by atoms with Crippen molar-refractivity contribution in [3.8, 4) is 5.75 Å². The van der Waals surface area contributed by atoms with Crippen molar-refractivity contribution in [1.82, 2.24) is 14.9 Å². The Morgan fingerprint density at radius 1 is 1.38 bits per heavy atom. The van der Waals surface area contributed by atoms with E-state index >= 15 is 0 Å². The lowest BCUT2D eigenvalue weighted by Gasteiger charge is -2.13. The maximum absolute atomic E-state index is 12.3. The number of para-hydroxylation sites is 1. The monoisotopic (exact) mass is 330 g/mol. The van der Waals surface area contributed by atoms with Crippen molar-refractivity contribution in [3.05, 3.63) is 51.4 Å². The molecule has 0 radical (unpaired) electrons. The van der Waals surface area contributed by atoms with E-state index in [2.05, 4.69) is 10.3 Å². The summed E-state index contributed by atoms with van der Waals surface area (Å²) in [5, 5.41) is 2.76. The smallest absolute Gasteiger partial charge is 0.258 e. The van der Waals surface area contributed by atoms with Gasteiger partial charge in [-0.15, -0.1) is 0 Å². The highest BCUT2D eigenvalue weighted by Gasteiger charge is 2.13. The van der Waals surface area contributed by atoms with Gasteiger partial charge >= 0.3 is 0 Å². The number of nitrogens with one attached hydrogen (secondary N) is 1. The van der Waals surface area contributed by atoms with Crippen LogP contribution in [0.5, 0.6) is 5.75 Å². The fraction of sp³-hybridized carbons (Fsp3) is 0.353. The number of rotatable bonds is 6. The molecule has 1 aromatic heterocycles. The number of nitrogens with zero attached hydrogens (tertiary/aromatic N) is 2. The molecule has 0 atom stereocenters. The average Bonchev–Trinajstić information content (AvgIpc) is 2.60. The Balaban J connectivity index is 2.11. The quantitative estimate of drug-likeness (QED) is 0.824. The summed E-state index contributed by atoms with van der Waals surface area (Å²) in [6.45, 7) is 3.73. The zero-order chi connectivity index (χ0) is 17.7. The van der Waals surface area contributed by atoms with Gasteiger partial charge in [0.15, 0.2) is 0 Å². The van der Waals surface area contributed by atoms with Gasteiger partial charge in [-0.1, -0.05) is 25.1 Å². The maximum atomic E-state index is 12.3. The zero-order valence-corrected chi connectivity index (χ0v) is 14.1. The Morgan fingerprint density at radius 2 is 2.08 bits per heavy atom. The number of nitrogens with two attached hydrogens (primary N) is 1. The number of anilines is 1. The Labute approximate surface area is 140 Å². The molecule has 1 amide bonds. The summed E-state index contributed by atoms with van der Waals surface area (Å²) in [5.74, 6) is 0.425. The van der Waals surface area contributed by atoms with Crippen molar-refractivity contribution in [3.63, 3.8) is 0 Å². The summed E-state index contributed by atoms with van der Waals surface area (Å²) in [6, 6.07) is 7.40. The first-order valence-electron chi connectivity index (χ1n) is 7.72. The third-order valence-electron chi connectivity index (χ3n) is 3.83. The molecule has 7 heteroatoms. The second kappa shape index (κ2) is 7.63. The van der Waals surface area contributed by atoms with E-state index in [1.165, 1.54) is 4.57 Å². The minimum atomic E-state index is -0.319. The standard InChI is InChI=1S/C17H22N4O3/c1-4-13-11(2)16(23)21(17(18)20-13)10-15(22)19-9-12-7-5-6-8-14(12)24-3/h5-8H,4,9-10H2,1-3H3,(H2,18,20)(H,19,22). The third kappa shape index (κ3) is 3.73. The first-order chi connectivity index (χ1) is 11.5. The van der Waals surface area contributed by atoms with Gasteiger partial charge in [0, 0.05) is 17.7 Å². The first kappa shape index (κ1) is 17.5. The van der Waals surface area contributed by atoms with E-state index < -0.39 is 0 Å². The highest BCUT2D eigenvalue weighted by Crippen LogP contribution is 2.16. The summed E-state index contributed by atoms with van der Waals surface area (Å²) in [4.78, 5) is 28.7. The van der Waals surface area contributed by atoms with Gasteiger partial charge in [0.05, 0.1) is 12.8 Å². The third-order valence-corrected chi connectivity index (χ3v) is 3.83. The van der Waals surface area contributed by atoms with E-state index in [-0.39, 0.29) is 24.0 Å². The number of nitrogen functional groups attached to an aromatic ring is 1. The number of benzene rings is 1. The molecule has 2 aromatic rings. The molecule has 1 heterocycles. The lowest BCUT2D eigenvalue weighted by Crippen LogP contribution is -2.35. The average molecular weight is 330 g/mol. The highest BCUT2D eigenvalue weighted by molar-refractivity contribution is 5.76. The fourth-order valence-electron chi connectivity index (χ4n) is 2.45. The summed E-state index contributed by atoms with van der Waals surface area (Å²) < 4.78 is 6.43. The molecule has 1 aromatic carbocycles. The predicted octanol–water partition coefficient (Wildman–Crippen LogP) is 1.02. The molecule has 3 N–H and O–H groups in total. The maximum Gasteiger partial charge on any atom is 0.258 e. The van der Waals surface area contributed by atoms with Crippen LogP contribution < -0.4 is 21.3 Å². The number of amides is 1. The fourth-order valence-corrected chi connectivity index (χ4v) is 2.45. The number of aromatic nitrogens is 2. The summed E-state index contributed by atoms with van der Waals surface area (Å²) in [7, 11) is 1.57. The zero-order valence-electron chi connectivity index (χ0n) is 14.1. The van der Waals surface area contributed by atoms with Gasteiger partial charge in [0.1, 0.15) is 12.3 Å². The summed E-state index contributed by atoms with van der Waals surface area (Å²) in [5.41, 5.74) is 7.56. The van der Waals surface area contributed by atoms with Gasteiger partial charge in [0.2, 0.25) is 11.9 Å². The SMILES string of the molecule is CCc1nc(N)n(CC(=O)NCc2ccccc2OC)c(=O)c1C. The van der Waals surface area contributed by atoms with Crippen LogP contribution in [0.15, 0.2) is 29.1 Å². The predicted molar refractivity (Wildman–Crippen MR) is 91.9 cm³/mol. The number of ether oxygens (including phenoxy) is 1. The normalized spacial score (nSPS) is 10.5. The molecule has 0 saturated carbocycles. The second-order valence-corrected chi connectivity index (χ2v) is 5.38. The van der Waals surface area contributed by atoms with Gasteiger partial charge in [-0.3, -0.25) is 14.2 Å². The molecular weight excluding hydrogens is 308 g/mol. The highest BCUT2D eigenvalue weighted by atomic mass is 16.5. The van der Waals surface area contributed by atoms with E-state index in [1.807, 2.05) is 31.2 Å². The molecule has 0 aliphatic carbocycles. The largest absolute Gasteiger partial charge is 0.496 e. The van der Waals surface area contributed by atoms with Crippen LogP contribution in [0.1, 0.15) is 23.7 Å². The van der Waals surface area contributed by atoms with Crippen LogP contribution in [0.3, 0.4) is 0 Å². The number of methoxy groups -OCH3 is 1. The minimum Gasteiger partial charge on any atom is -0.496 e. The number of hydrogen-bond donors (Lipinski definition) is 2. The van der Waals surface area contributed by atoms with E-state index in [9.17, 15) is 9.59 Å². The van der Waals surface area contributed by atoms with Crippen LogP contribution in [0.25, 0.3) is 0 Å². The Bertz CT molecular complexity index is 799. The van der Waals surface area contributed by atoms with Crippen molar-refractivity contribution < 1.29 is 9.53 Å². The molecule has 7 nitrogen and oxygen atoms in total. The molecular formula is C17H22N4O3. The molecule has 0 aliphatic heterocycles. The molecule has 128 valence electrons. The molecule has 24 heavy (non-hydrogen) atoms. The van der Waals surface area contributed by atoms with Crippen molar-refractivity contribution in [1.29, 1.82) is 0 Å². The first-order valence-corrected chi connectivity index (χ1v) is 7.72. The number of hydrogen-bond acceptors (Lipinski definition) is 5. The Kier molecular flexibility index (Phi) is 5.57.